The van der Waals surface area contributed by atoms with Crippen molar-refractivity contribution in [2.75, 3.05) is 13.1 Å². The molecular weight excluding hydrogens is 188 g/mol. The van der Waals surface area contributed by atoms with Gasteiger partial charge in [0.25, 0.3) is 0 Å². The van der Waals surface area contributed by atoms with Crippen LogP contribution in [0.4, 0.5) is 0 Å². The van der Waals surface area contributed by atoms with Gasteiger partial charge in [0.05, 0.1) is 11.7 Å². The van der Waals surface area contributed by atoms with Crippen LogP contribution in [0.3, 0.4) is 0 Å². The lowest BCUT2D eigenvalue weighted by Crippen LogP contribution is -2.46. The maximum atomic E-state index is 3.54. The van der Waals surface area contributed by atoms with E-state index in [0.29, 0.717) is 12.1 Å². The summed E-state index contributed by atoms with van der Waals surface area (Å²) in [6, 6.07) is 1.10. The number of fused-ring (bicyclic) bond motifs is 2. The lowest BCUT2D eigenvalue weighted by Gasteiger charge is -2.32. The molecule has 0 fully saturated rings. The Labute approximate surface area is 90.4 Å². The van der Waals surface area contributed by atoms with Gasteiger partial charge in [0, 0.05) is 43.0 Å². The second kappa shape index (κ2) is 3.17. The molecule has 0 bridgehead atoms. The van der Waals surface area contributed by atoms with Crippen molar-refractivity contribution in [3.05, 3.63) is 23.2 Å². The Morgan fingerprint density at radius 2 is 2.27 bits per heavy atom. The molecule has 0 aliphatic carbocycles. The molecule has 0 radical (unpaired) electrons. The zero-order chi connectivity index (χ0) is 10.4. The Morgan fingerprint density at radius 1 is 1.40 bits per heavy atom. The van der Waals surface area contributed by atoms with Gasteiger partial charge in [0.15, 0.2) is 0 Å². The molecule has 4 nitrogen and oxygen atoms in total. The molecule has 0 aromatic rings. The highest BCUT2D eigenvalue weighted by Crippen LogP contribution is 2.31. The van der Waals surface area contributed by atoms with Crippen LogP contribution in [-0.4, -0.2) is 30.2 Å². The molecule has 3 N–H and O–H groups in total. The molecule has 15 heavy (non-hydrogen) atoms. The van der Waals surface area contributed by atoms with Crippen molar-refractivity contribution >= 4 is 0 Å². The molecule has 0 aromatic heterocycles. The van der Waals surface area contributed by atoms with Crippen LogP contribution < -0.4 is 16.1 Å². The van der Waals surface area contributed by atoms with Crippen molar-refractivity contribution in [2.24, 2.45) is 0 Å². The Hall–Kier alpha value is -1.16. The third kappa shape index (κ3) is 1.32. The number of rotatable bonds is 0. The number of nitrogens with one attached hydrogen (secondary N) is 3. The molecule has 0 saturated carbocycles. The molecule has 0 aromatic carbocycles. The summed E-state index contributed by atoms with van der Waals surface area (Å²) in [4.78, 5) is 0. The van der Waals surface area contributed by atoms with E-state index in [-0.39, 0.29) is 0 Å². The minimum atomic E-state index is 0.519. The molecule has 4 heteroatoms. The molecule has 82 valence electrons. The van der Waals surface area contributed by atoms with Crippen molar-refractivity contribution in [3.8, 4) is 0 Å². The van der Waals surface area contributed by atoms with Crippen LogP contribution in [0.25, 0.3) is 0 Å². The number of hydrogen-bond acceptors (Lipinski definition) is 4. The Balaban J connectivity index is 1.92. The summed E-state index contributed by atoms with van der Waals surface area (Å²) in [5, 5.41) is 9.15. The smallest absolute Gasteiger partial charge is 0.0795 e. The minimum Gasteiger partial charge on any atom is -0.387 e. The Kier molecular flexibility index (Phi) is 1.92. The summed E-state index contributed by atoms with van der Waals surface area (Å²) in [6.45, 7) is 6.47. The number of hydrogen-bond donors (Lipinski definition) is 3. The van der Waals surface area contributed by atoms with Crippen molar-refractivity contribution in [1.29, 1.82) is 0 Å². The highest BCUT2D eigenvalue weighted by atomic mass is 15.6. The predicted octanol–water partition coefficient (Wildman–Crippen LogP) is 0.276. The van der Waals surface area contributed by atoms with E-state index in [1.807, 2.05) is 0 Å². The van der Waals surface area contributed by atoms with E-state index < -0.39 is 0 Å². The Bertz CT molecular complexity index is 344. The maximum absolute atomic E-state index is 3.54. The zero-order valence-corrected chi connectivity index (χ0v) is 9.30. The van der Waals surface area contributed by atoms with E-state index in [0.717, 1.165) is 19.5 Å². The van der Waals surface area contributed by atoms with Crippen molar-refractivity contribution in [2.45, 2.75) is 32.4 Å². The molecule has 0 saturated heterocycles. The monoisotopic (exact) mass is 206 g/mol. The fourth-order valence-corrected chi connectivity index (χ4v) is 2.52. The highest BCUT2D eigenvalue weighted by molar-refractivity contribution is 5.42. The molecule has 0 spiro atoms. The first-order valence-corrected chi connectivity index (χ1v) is 5.71. The molecule has 3 heterocycles. The fraction of sp³-hybridized carbons (Fsp3) is 0.636. The Morgan fingerprint density at radius 3 is 3.13 bits per heavy atom. The van der Waals surface area contributed by atoms with Gasteiger partial charge in [-0.15, -0.1) is 0 Å². The van der Waals surface area contributed by atoms with Gasteiger partial charge in [-0.25, -0.2) is 0 Å². The van der Waals surface area contributed by atoms with E-state index in [9.17, 15) is 0 Å². The SMILES string of the molecule is CC1CC2=C(CN1)C1=CNCC(C)N1N2. The maximum Gasteiger partial charge on any atom is 0.0795 e. The van der Waals surface area contributed by atoms with E-state index in [1.165, 1.54) is 17.0 Å². The van der Waals surface area contributed by atoms with Crippen LogP contribution in [0.15, 0.2) is 23.2 Å². The topological polar surface area (TPSA) is 39.3 Å². The largest absolute Gasteiger partial charge is 0.387 e. The first kappa shape index (κ1) is 9.09. The second-order valence-electron chi connectivity index (χ2n) is 4.71. The summed E-state index contributed by atoms with van der Waals surface area (Å²) < 4.78 is 0. The van der Waals surface area contributed by atoms with Gasteiger partial charge in [0.1, 0.15) is 0 Å². The number of hydrazine groups is 1. The summed E-state index contributed by atoms with van der Waals surface area (Å²) in [5.41, 5.74) is 7.70. The first-order chi connectivity index (χ1) is 7.25. The summed E-state index contributed by atoms with van der Waals surface area (Å²) in [5.74, 6) is 0. The fourth-order valence-electron chi connectivity index (χ4n) is 2.52. The van der Waals surface area contributed by atoms with E-state index in [4.69, 9.17) is 0 Å². The average Bonchev–Trinajstić information content (AvgIpc) is 2.57. The number of nitrogens with zero attached hydrogens (tertiary/aromatic N) is 1. The first-order valence-electron chi connectivity index (χ1n) is 5.71. The normalized spacial score (nSPS) is 34.0. The minimum absolute atomic E-state index is 0.519. The predicted molar refractivity (Wildman–Crippen MR) is 59.6 cm³/mol. The van der Waals surface area contributed by atoms with E-state index in [1.54, 1.807) is 0 Å². The van der Waals surface area contributed by atoms with Gasteiger partial charge in [-0.05, 0) is 13.8 Å². The highest BCUT2D eigenvalue weighted by Gasteiger charge is 2.33. The van der Waals surface area contributed by atoms with Crippen LogP contribution in [0.1, 0.15) is 20.3 Å². The van der Waals surface area contributed by atoms with Crippen molar-refractivity contribution in [3.63, 3.8) is 0 Å². The molecule has 3 aliphatic rings. The van der Waals surface area contributed by atoms with Crippen LogP contribution in [-0.2, 0) is 0 Å². The van der Waals surface area contributed by atoms with Gasteiger partial charge < -0.3 is 16.1 Å². The zero-order valence-electron chi connectivity index (χ0n) is 9.30. The standard InChI is InChI=1S/C11H18N4/c1-7-3-10-9(5-13-7)11-6-12-4-8(2)15(11)14-10/h6-8,12-14H,3-5H2,1-2H3. The van der Waals surface area contributed by atoms with Crippen molar-refractivity contribution in [1.82, 2.24) is 21.1 Å². The third-order valence-electron chi connectivity index (χ3n) is 3.42. The quantitative estimate of drug-likeness (QED) is 0.532. The molecular formula is C11H18N4. The van der Waals surface area contributed by atoms with E-state index in [2.05, 4.69) is 41.1 Å². The average molecular weight is 206 g/mol. The second-order valence-corrected chi connectivity index (χ2v) is 4.71. The van der Waals surface area contributed by atoms with Gasteiger partial charge in [-0.2, -0.15) is 0 Å². The molecule has 2 atom stereocenters. The van der Waals surface area contributed by atoms with Gasteiger partial charge in [0.2, 0.25) is 0 Å². The summed E-state index contributed by atoms with van der Waals surface area (Å²) in [6.07, 6.45) is 3.24. The lowest BCUT2D eigenvalue weighted by atomic mass is 10.0. The molecule has 3 rings (SSSR count). The van der Waals surface area contributed by atoms with Gasteiger partial charge >= 0.3 is 0 Å². The molecule has 0 amide bonds. The van der Waals surface area contributed by atoms with Crippen LogP contribution in [0.2, 0.25) is 0 Å². The van der Waals surface area contributed by atoms with Gasteiger partial charge in [-0.1, -0.05) is 0 Å². The van der Waals surface area contributed by atoms with Crippen LogP contribution in [0, 0.1) is 0 Å². The summed E-state index contributed by atoms with van der Waals surface area (Å²) in [7, 11) is 0. The molecule has 2 unspecified atom stereocenters. The molecule has 3 aliphatic heterocycles. The summed E-state index contributed by atoms with van der Waals surface area (Å²) >= 11 is 0. The lowest BCUT2D eigenvalue weighted by molar-refractivity contribution is 0.213. The van der Waals surface area contributed by atoms with Crippen molar-refractivity contribution < 1.29 is 0 Å². The third-order valence-corrected chi connectivity index (χ3v) is 3.42. The van der Waals surface area contributed by atoms with Crippen LogP contribution >= 0.6 is 0 Å². The van der Waals surface area contributed by atoms with E-state index >= 15 is 0 Å². The van der Waals surface area contributed by atoms with Crippen LogP contribution in [0.5, 0.6) is 0 Å². The van der Waals surface area contributed by atoms with Gasteiger partial charge in [-0.3, -0.25) is 5.01 Å².